The normalized spacial score (nSPS) is 17.9. The molecule has 0 aromatic heterocycles. The molecule has 2 N–H and O–H groups in total. The van der Waals surface area contributed by atoms with Crippen LogP contribution in [0.4, 0.5) is 17.1 Å². The standard InChI is InChI=1S/C21H21N3O4/c22-18-15-19(23-10-8-21(9-11-23)27-12-13-28-21)17(14-20(18)24(25)26)7-6-16-4-2-1-3-5-16/h1-5,14-15H,8-13,22H2. The number of benzene rings is 2. The summed E-state index contributed by atoms with van der Waals surface area (Å²) in [5.41, 5.74) is 8.21. The van der Waals surface area contributed by atoms with Crippen molar-refractivity contribution in [1.29, 1.82) is 0 Å². The molecule has 2 aromatic rings. The molecular weight excluding hydrogens is 358 g/mol. The van der Waals surface area contributed by atoms with Crippen molar-refractivity contribution in [2.24, 2.45) is 0 Å². The van der Waals surface area contributed by atoms with Gasteiger partial charge in [-0.05, 0) is 18.2 Å². The fourth-order valence-electron chi connectivity index (χ4n) is 3.65. The second-order valence-electron chi connectivity index (χ2n) is 6.90. The molecule has 2 fully saturated rings. The number of nitro benzene ring substituents is 1. The Morgan fingerprint density at radius 1 is 1.07 bits per heavy atom. The average molecular weight is 379 g/mol. The van der Waals surface area contributed by atoms with Crippen LogP contribution in [0.3, 0.4) is 0 Å². The van der Waals surface area contributed by atoms with Crippen molar-refractivity contribution in [3.8, 4) is 11.8 Å². The number of nitrogens with zero attached hydrogens (tertiary/aromatic N) is 2. The Morgan fingerprint density at radius 2 is 1.75 bits per heavy atom. The lowest BCUT2D eigenvalue weighted by Gasteiger charge is -2.39. The van der Waals surface area contributed by atoms with Crippen molar-refractivity contribution >= 4 is 17.1 Å². The van der Waals surface area contributed by atoms with Gasteiger partial charge in [0.05, 0.1) is 29.4 Å². The monoisotopic (exact) mass is 379 g/mol. The van der Waals surface area contributed by atoms with E-state index in [-0.39, 0.29) is 11.4 Å². The number of piperidine rings is 1. The van der Waals surface area contributed by atoms with E-state index < -0.39 is 10.7 Å². The molecule has 1 spiro atoms. The number of ether oxygens (including phenoxy) is 2. The first-order valence-electron chi connectivity index (χ1n) is 9.24. The Balaban J connectivity index is 1.67. The Morgan fingerprint density at radius 3 is 2.39 bits per heavy atom. The zero-order valence-electron chi connectivity index (χ0n) is 15.4. The molecule has 0 saturated carbocycles. The maximum Gasteiger partial charge on any atom is 0.293 e. The van der Waals surface area contributed by atoms with E-state index in [9.17, 15) is 10.1 Å². The van der Waals surface area contributed by atoms with Gasteiger partial charge in [-0.15, -0.1) is 0 Å². The molecule has 0 amide bonds. The van der Waals surface area contributed by atoms with Gasteiger partial charge in [-0.25, -0.2) is 0 Å². The zero-order valence-corrected chi connectivity index (χ0v) is 15.4. The second-order valence-corrected chi connectivity index (χ2v) is 6.90. The molecule has 28 heavy (non-hydrogen) atoms. The summed E-state index contributed by atoms with van der Waals surface area (Å²) in [6.45, 7) is 2.66. The van der Waals surface area contributed by atoms with Gasteiger partial charge >= 0.3 is 0 Å². The highest BCUT2D eigenvalue weighted by atomic mass is 16.7. The predicted octanol–water partition coefficient (Wildman–Crippen LogP) is 2.92. The van der Waals surface area contributed by atoms with Gasteiger partial charge in [-0.1, -0.05) is 30.0 Å². The average Bonchev–Trinajstić information content (AvgIpc) is 3.16. The van der Waals surface area contributed by atoms with E-state index in [0.29, 0.717) is 31.9 Å². The van der Waals surface area contributed by atoms with Crippen LogP contribution in [-0.4, -0.2) is 37.0 Å². The molecule has 144 valence electrons. The summed E-state index contributed by atoms with van der Waals surface area (Å²) in [6, 6.07) is 12.6. The molecular formula is C21H21N3O4. The summed E-state index contributed by atoms with van der Waals surface area (Å²) in [5.74, 6) is 5.69. The molecule has 0 radical (unpaired) electrons. The fraction of sp³-hybridized carbons (Fsp3) is 0.333. The first kappa shape index (κ1) is 18.3. The highest BCUT2D eigenvalue weighted by Gasteiger charge is 2.40. The highest BCUT2D eigenvalue weighted by Crippen LogP contribution is 2.36. The van der Waals surface area contributed by atoms with Crippen molar-refractivity contribution in [2.45, 2.75) is 18.6 Å². The molecule has 2 heterocycles. The molecule has 4 rings (SSSR count). The number of hydrogen-bond acceptors (Lipinski definition) is 6. The summed E-state index contributed by atoms with van der Waals surface area (Å²) in [5, 5.41) is 11.3. The van der Waals surface area contributed by atoms with Crippen LogP contribution in [0.2, 0.25) is 0 Å². The van der Waals surface area contributed by atoms with Crippen LogP contribution in [-0.2, 0) is 9.47 Å². The van der Waals surface area contributed by atoms with Crippen molar-refractivity contribution in [3.63, 3.8) is 0 Å². The zero-order chi connectivity index (χ0) is 19.6. The number of nitro groups is 1. The van der Waals surface area contributed by atoms with E-state index >= 15 is 0 Å². The van der Waals surface area contributed by atoms with Gasteiger partial charge in [-0.2, -0.15) is 0 Å². The summed E-state index contributed by atoms with van der Waals surface area (Å²) in [6.07, 6.45) is 1.46. The second kappa shape index (κ2) is 7.50. The van der Waals surface area contributed by atoms with Gasteiger partial charge < -0.3 is 20.1 Å². The Bertz CT molecular complexity index is 933. The lowest BCUT2D eigenvalue weighted by Crippen LogP contribution is -2.45. The van der Waals surface area contributed by atoms with E-state index in [0.717, 1.165) is 24.1 Å². The summed E-state index contributed by atoms with van der Waals surface area (Å²) < 4.78 is 11.6. The predicted molar refractivity (Wildman–Crippen MR) is 106 cm³/mol. The smallest absolute Gasteiger partial charge is 0.293 e. The van der Waals surface area contributed by atoms with Gasteiger partial charge in [-0.3, -0.25) is 10.1 Å². The minimum atomic E-state index is -0.487. The minimum Gasteiger partial charge on any atom is -0.393 e. The maximum absolute atomic E-state index is 11.3. The number of rotatable bonds is 2. The largest absolute Gasteiger partial charge is 0.393 e. The Kier molecular flexibility index (Phi) is 4.90. The summed E-state index contributed by atoms with van der Waals surface area (Å²) in [7, 11) is 0. The quantitative estimate of drug-likeness (QED) is 0.373. The highest BCUT2D eigenvalue weighted by molar-refractivity contribution is 5.74. The van der Waals surface area contributed by atoms with E-state index in [1.807, 2.05) is 30.3 Å². The number of nitrogen functional groups attached to an aromatic ring is 1. The SMILES string of the molecule is Nc1cc(N2CCC3(CC2)OCCO3)c(C#Cc2ccccc2)cc1[N+](=O)[O-]. The van der Waals surface area contributed by atoms with Gasteiger partial charge in [0.1, 0.15) is 5.69 Å². The summed E-state index contributed by atoms with van der Waals surface area (Å²) >= 11 is 0. The van der Waals surface area contributed by atoms with Crippen molar-refractivity contribution in [3.05, 3.63) is 63.7 Å². The first-order chi connectivity index (χ1) is 13.6. The van der Waals surface area contributed by atoms with Crippen LogP contribution in [0.15, 0.2) is 42.5 Å². The van der Waals surface area contributed by atoms with Crippen LogP contribution in [0, 0.1) is 22.0 Å². The molecule has 7 heteroatoms. The molecule has 0 bridgehead atoms. The van der Waals surface area contributed by atoms with Crippen LogP contribution in [0.25, 0.3) is 0 Å². The third-order valence-electron chi connectivity index (χ3n) is 5.14. The molecule has 2 aromatic carbocycles. The molecule has 0 aliphatic carbocycles. The van der Waals surface area contributed by atoms with Crippen LogP contribution in [0.5, 0.6) is 0 Å². The van der Waals surface area contributed by atoms with E-state index in [4.69, 9.17) is 15.2 Å². The van der Waals surface area contributed by atoms with Crippen LogP contribution < -0.4 is 10.6 Å². The van der Waals surface area contributed by atoms with Crippen LogP contribution >= 0.6 is 0 Å². The van der Waals surface area contributed by atoms with Gasteiger partial charge in [0.25, 0.3) is 5.69 Å². The van der Waals surface area contributed by atoms with Gasteiger partial charge in [0.2, 0.25) is 0 Å². The molecule has 2 aliphatic heterocycles. The maximum atomic E-state index is 11.3. The lowest BCUT2D eigenvalue weighted by atomic mass is 10.0. The van der Waals surface area contributed by atoms with Crippen molar-refractivity contribution in [1.82, 2.24) is 0 Å². The lowest BCUT2D eigenvalue weighted by molar-refractivity contribution is -0.383. The molecule has 2 saturated heterocycles. The number of anilines is 2. The third kappa shape index (κ3) is 3.65. The Labute approximate surface area is 163 Å². The number of hydrogen-bond donors (Lipinski definition) is 1. The fourth-order valence-corrected chi connectivity index (χ4v) is 3.65. The third-order valence-corrected chi connectivity index (χ3v) is 5.14. The van der Waals surface area contributed by atoms with Crippen molar-refractivity contribution in [2.75, 3.05) is 36.9 Å². The van der Waals surface area contributed by atoms with Gasteiger partial charge in [0, 0.05) is 37.6 Å². The summed E-state index contributed by atoms with van der Waals surface area (Å²) in [4.78, 5) is 13.0. The van der Waals surface area contributed by atoms with Gasteiger partial charge in [0.15, 0.2) is 5.79 Å². The van der Waals surface area contributed by atoms with Crippen molar-refractivity contribution < 1.29 is 14.4 Å². The number of nitrogens with two attached hydrogens (primary N) is 1. The molecule has 2 aliphatic rings. The molecule has 0 unspecified atom stereocenters. The molecule has 7 nitrogen and oxygen atoms in total. The Hall–Kier alpha value is -3.08. The van der Waals surface area contributed by atoms with E-state index in [2.05, 4.69) is 16.7 Å². The van der Waals surface area contributed by atoms with E-state index in [1.54, 1.807) is 6.07 Å². The first-order valence-corrected chi connectivity index (χ1v) is 9.24. The van der Waals surface area contributed by atoms with Crippen LogP contribution in [0.1, 0.15) is 24.0 Å². The topological polar surface area (TPSA) is 90.9 Å². The minimum absolute atomic E-state index is 0.128. The van der Waals surface area contributed by atoms with E-state index in [1.165, 1.54) is 6.07 Å². The molecule has 0 atom stereocenters.